The number of nitrogens with one attached hydrogen (secondary N) is 1. The van der Waals surface area contributed by atoms with Crippen LogP contribution in [0.3, 0.4) is 0 Å². The minimum Gasteiger partial charge on any atom is -0.467 e. The van der Waals surface area contributed by atoms with E-state index in [9.17, 15) is 4.79 Å². The van der Waals surface area contributed by atoms with Crippen LogP contribution >= 0.6 is 0 Å². The topological polar surface area (TPSA) is 41.6 Å². The molecular weight excluding hydrogens is 288 g/mol. The zero-order valence-electron chi connectivity index (χ0n) is 13.4. The number of amides is 2. The Morgan fingerprint density at radius 1 is 1.26 bits per heavy atom. The minimum atomic E-state index is -0.673. The SMILES string of the molecule is CCc1cccc(N2C(=O)N[C@H]3C[C@]2(C)Oc2ccccc23)c1. The molecule has 2 amide bonds. The smallest absolute Gasteiger partial charge is 0.325 e. The molecule has 4 heteroatoms. The fraction of sp³-hybridized carbons (Fsp3) is 0.316. The maximum absolute atomic E-state index is 12.8. The Morgan fingerprint density at radius 2 is 2.09 bits per heavy atom. The number of rotatable bonds is 2. The average molecular weight is 308 g/mol. The summed E-state index contributed by atoms with van der Waals surface area (Å²) in [6, 6.07) is 15.9. The van der Waals surface area contributed by atoms with Crippen LogP contribution < -0.4 is 15.0 Å². The van der Waals surface area contributed by atoms with Gasteiger partial charge in [-0.1, -0.05) is 37.3 Å². The van der Waals surface area contributed by atoms with Crippen LogP contribution in [-0.4, -0.2) is 11.8 Å². The molecule has 23 heavy (non-hydrogen) atoms. The number of nitrogens with zero attached hydrogens (tertiary/aromatic N) is 1. The number of carbonyl (C=O) groups is 1. The molecule has 1 N–H and O–H groups in total. The first kappa shape index (κ1) is 14.1. The molecule has 0 aromatic heterocycles. The van der Waals surface area contributed by atoms with E-state index in [1.54, 1.807) is 4.90 Å². The number of anilines is 1. The van der Waals surface area contributed by atoms with E-state index < -0.39 is 5.72 Å². The summed E-state index contributed by atoms with van der Waals surface area (Å²) in [7, 11) is 0. The first-order chi connectivity index (χ1) is 11.1. The first-order valence-corrected chi connectivity index (χ1v) is 8.08. The molecule has 0 aliphatic carbocycles. The van der Waals surface area contributed by atoms with Gasteiger partial charge in [-0.05, 0) is 37.1 Å². The second kappa shape index (κ2) is 5.01. The zero-order valence-corrected chi connectivity index (χ0v) is 13.4. The Balaban J connectivity index is 1.79. The molecule has 1 fully saturated rings. The van der Waals surface area contributed by atoms with Gasteiger partial charge in [-0.2, -0.15) is 0 Å². The Labute approximate surface area is 136 Å². The molecule has 118 valence electrons. The number of hydrogen-bond donors (Lipinski definition) is 1. The molecule has 2 aliphatic heterocycles. The number of para-hydroxylation sites is 1. The third-order valence-electron chi connectivity index (χ3n) is 4.76. The van der Waals surface area contributed by atoms with E-state index in [1.165, 1.54) is 5.56 Å². The van der Waals surface area contributed by atoms with Gasteiger partial charge in [-0.15, -0.1) is 0 Å². The lowest BCUT2D eigenvalue weighted by Crippen LogP contribution is -2.65. The zero-order chi connectivity index (χ0) is 16.0. The van der Waals surface area contributed by atoms with Crippen molar-refractivity contribution in [2.75, 3.05) is 4.90 Å². The van der Waals surface area contributed by atoms with Crippen molar-refractivity contribution in [1.29, 1.82) is 0 Å². The van der Waals surface area contributed by atoms with Crippen molar-refractivity contribution in [3.05, 3.63) is 59.7 Å². The number of urea groups is 1. The van der Waals surface area contributed by atoms with E-state index in [0.717, 1.165) is 29.8 Å². The lowest BCUT2D eigenvalue weighted by molar-refractivity contribution is 0.0379. The highest BCUT2D eigenvalue weighted by atomic mass is 16.5. The van der Waals surface area contributed by atoms with Gasteiger partial charge in [-0.25, -0.2) is 4.79 Å². The Hall–Kier alpha value is -2.49. The summed E-state index contributed by atoms with van der Waals surface area (Å²) < 4.78 is 6.27. The van der Waals surface area contributed by atoms with Gasteiger partial charge < -0.3 is 10.1 Å². The predicted octanol–water partition coefficient (Wildman–Crippen LogP) is 4.02. The monoisotopic (exact) mass is 308 g/mol. The molecule has 2 bridgehead atoms. The number of benzene rings is 2. The normalized spacial score (nSPS) is 25.4. The summed E-state index contributed by atoms with van der Waals surface area (Å²) in [5, 5.41) is 3.12. The highest BCUT2D eigenvalue weighted by molar-refractivity contribution is 5.95. The van der Waals surface area contributed by atoms with Crippen LogP contribution in [-0.2, 0) is 6.42 Å². The summed E-state index contributed by atoms with van der Waals surface area (Å²) in [6.45, 7) is 4.10. The van der Waals surface area contributed by atoms with Crippen LogP contribution in [0.4, 0.5) is 10.5 Å². The lowest BCUT2D eigenvalue weighted by Gasteiger charge is -2.50. The van der Waals surface area contributed by atoms with Crippen molar-refractivity contribution in [2.45, 2.75) is 38.5 Å². The second-order valence-corrected chi connectivity index (χ2v) is 6.38. The molecule has 4 nitrogen and oxygen atoms in total. The first-order valence-electron chi connectivity index (χ1n) is 8.08. The third kappa shape index (κ3) is 2.17. The van der Waals surface area contributed by atoms with Crippen molar-refractivity contribution in [3.63, 3.8) is 0 Å². The van der Waals surface area contributed by atoms with Crippen molar-refractivity contribution in [2.24, 2.45) is 0 Å². The Kier molecular flexibility index (Phi) is 3.08. The standard InChI is InChI=1S/C19H20N2O2/c1-3-13-7-6-8-14(11-13)21-18(22)20-16-12-19(21,2)23-17-10-5-4-9-15(16)17/h4-11,16H,3,12H2,1-2H3,(H,20,22)/t16-,19-/m0/s1. The van der Waals surface area contributed by atoms with E-state index in [1.807, 2.05) is 43.3 Å². The molecule has 0 saturated carbocycles. The Bertz CT molecular complexity index is 773. The molecule has 2 atom stereocenters. The van der Waals surface area contributed by atoms with Gasteiger partial charge in [0.1, 0.15) is 5.75 Å². The van der Waals surface area contributed by atoms with Crippen LogP contribution in [0.25, 0.3) is 0 Å². The van der Waals surface area contributed by atoms with E-state index in [0.29, 0.717) is 0 Å². The van der Waals surface area contributed by atoms with Gasteiger partial charge in [0, 0.05) is 17.7 Å². The fourth-order valence-electron chi connectivity index (χ4n) is 3.63. The van der Waals surface area contributed by atoms with Gasteiger partial charge in [0.15, 0.2) is 5.72 Å². The number of ether oxygens (including phenoxy) is 1. The highest BCUT2D eigenvalue weighted by Gasteiger charge is 2.49. The molecule has 0 spiro atoms. The molecular formula is C19H20N2O2. The van der Waals surface area contributed by atoms with Gasteiger partial charge in [0.05, 0.1) is 6.04 Å². The molecule has 0 radical (unpaired) electrons. The second-order valence-electron chi connectivity index (χ2n) is 6.38. The largest absolute Gasteiger partial charge is 0.467 e. The molecule has 1 saturated heterocycles. The molecule has 2 aliphatic rings. The maximum atomic E-state index is 12.8. The average Bonchev–Trinajstić information content (AvgIpc) is 2.54. The van der Waals surface area contributed by atoms with E-state index in [-0.39, 0.29) is 12.1 Å². The summed E-state index contributed by atoms with van der Waals surface area (Å²) in [4.78, 5) is 14.5. The fourth-order valence-corrected chi connectivity index (χ4v) is 3.63. The summed E-state index contributed by atoms with van der Waals surface area (Å²) in [5.74, 6) is 0.850. The van der Waals surface area contributed by atoms with Crippen molar-refractivity contribution >= 4 is 11.7 Å². The van der Waals surface area contributed by atoms with E-state index >= 15 is 0 Å². The summed E-state index contributed by atoms with van der Waals surface area (Å²) in [5.41, 5.74) is 2.47. The van der Waals surface area contributed by atoms with Crippen LogP contribution in [0.5, 0.6) is 5.75 Å². The molecule has 2 aromatic rings. The van der Waals surface area contributed by atoms with E-state index in [4.69, 9.17) is 4.74 Å². The summed E-state index contributed by atoms with van der Waals surface area (Å²) in [6.07, 6.45) is 1.67. The summed E-state index contributed by atoms with van der Waals surface area (Å²) >= 11 is 0. The lowest BCUT2D eigenvalue weighted by atomic mass is 9.90. The molecule has 0 unspecified atom stereocenters. The third-order valence-corrected chi connectivity index (χ3v) is 4.76. The van der Waals surface area contributed by atoms with Crippen molar-refractivity contribution in [1.82, 2.24) is 5.32 Å². The van der Waals surface area contributed by atoms with Crippen LogP contribution in [0.1, 0.15) is 37.4 Å². The number of fused-ring (bicyclic) bond motifs is 4. The van der Waals surface area contributed by atoms with Crippen LogP contribution in [0, 0.1) is 0 Å². The van der Waals surface area contributed by atoms with Gasteiger partial charge in [-0.3, -0.25) is 4.90 Å². The number of carbonyl (C=O) groups excluding carboxylic acids is 1. The van der Waals surface area contributed by atoms with Gasteiger partial charge in [0.25, 0.3) is 0 Å². The highest BCUT2D eigenvalue weighted by Crippen LogP contribution is 2.45. The Morgan fingerprint density at radius 3 is 2.91 bits per heavy atom. The van der Waals surface area contributed by atoms with Crippen molar-refractivity contribution < 1.29 is 9.53 Å². The van der Waals surface area contributed by atoms with Crippen LogP contribution in [0.2, 0.25) is 0 Å². The van der Waals surface area contributed by atoms with Crippen LogP contribution in [0.15, 0.2) is 48.5 Å². The maximum Gasteiger partial charge on any atom is 0.325 e. The van der Waals surface area contributed by atoms with Gasteiger partial charge >= 0.3 is 6.03 Å². The molecule has 4 rings (SSSR count). The molecule has 2 heterocycles. The molecule has 2 aromatic carbocycles. The van der Waals surface area contributed by atoms with Gasteiger partial charge in [0.2, 0.25) is 0 Å². The predicted molar refractivity (Wildman–Crippen MR) is 89.7 cm³/mol. The minimum absolute atomic E-state index is 0.00283. The number of hydrogen-bond acceptors (Lipinski definition) is 2. The van der Waals surface area contributed by atoms with E-state index in [2.05, 4.69) is 24.4 Å². The number of aryl methyl sites for hydroxylation is 1. The van der Waals surface area contributed by atoms with Crippen molar-refractivity contribution in [3.8, 4) is 5.75 Å². The quantitative estimate of drug-likeness (QED) is 0.910.